The Kier molecular flexibility index (Phi) is 5.40. The van der Waals surface area contributed by atoms with E-state index >= 15 is 0 Å². The summed E-state index contributed by atoms with van der Waals surface area (Å²) < 4.78 is 10.5. The Hall–Kier alpha value is -0.610. The Bertz CT molecular complexity index is 239. The maximum Gasteiger partial charge on any atom is 0.308 e. The highest BCUT2D eigenvalue weighted by atomic mass is 16.5. The molecule has 1 aliphatic rings. The van der Waals surface area contributed by atoms with Crippen LogP contribution in [-0.4, -0.2) is 31.8 Å². The molecule has 0 heterocycles. The van der Waals surface area contributed by atoms with Gasteiger partial charge < -0.3 is 15.2 Å². The van der Waals surface area contributed by atoms with E-state index in [4.69, 9.17) is 15.2 Å². The van der Waals surface area contributed by atoms with Crippen molar-refractivity contribution in [1.29, 1.82) is 0 Å². The fourth-order valence-corrected chi connectivity index (χ4v) is 2.17. The van der Waals surface area contributed by atoms with Gasteiger partial charge >= 0.3 is 5.97 Å². The van der Waals surface area contributed by atoms with E-state index in [1.54, 1.807) is 7.11 Å². The van der Waals surface area contributed by atoms with Crippen molar-refractivity contribution in [3.63, 3.8) is 0 Å². The van der Waals surface area contributed by atoms with Gasteiger partial charge in [0.2, 0.25) is 0 Å². The highest BCUT2D eigenvalue weighted by Gasteiger charge is 2.29. The number of methoxy groups -OCH3 is 1. The van der Waals surface area contributed by atoms with E-state index in [2.05, 4.69) is 13.8 Å². The third kappa shape index (κ3) is 5.04. The van der Waals surface area contributed by atoms with Crippen LogP contribution in [0.5, 0.6) is 0 Å². The number of ether oxygens (including phenoxy) is 2. The summed E-state index contributed by atoms with van der Waals surface area (Å²) in [6, 6.07) is 0. The molecule has 1 fully saturated rings. The van der Waals surface area contributed by atoms with Crippen LogP contribution in [0.1, 0.15) is 46.0 Å². The normalized spacial score (nSPS) is 22.1. The molecule has 0 amide bonds. The first kappa shape index (κ1) is 14.5. The van der Waals surface area contributed by atoms with Crippen LogP contribution in [0, 0.1) is 5.41 Å². The molecule has 0 saturated heterocycles. The number of hydrogen-bond donors (Lipinski definition) is 1. The van der Waals surface area contributed by atoms with Crippen LogP contribution < -0.4 is 5.73 Å². The number of rotatable bonds is 5. The first-order valence-electron chi connectivity index (χ1n) is 6.39. The summed E-state index contributed by atoms with van der Waals surface area (Å²) in [5.41, 5.74) is 5.87. The van der Waals surface area contributed by atoms with Crippen LogP contribution in [0.3, 0.4) is 0 Å². The molecule has 0 bridgehead atoms. The minimum atomic E-state index is -0.220. The molecule has 4 nitrogen and oxygen atoms in total. The second kappa shape index (κ2) is 6.36. The predicted octanol–water partition coefficient (Wildman–Crippen LogP) is 1.86. The smallest absolute Gasteiger partial charge is 0.308 e. The van der Waals surface area contributed by atoms with Crippen molar-refractivity contribution < 1.29 is 14.3 Å². The van der Waals surface area contributed by atoms with E-state index in [9.17, 15) is 4.79 Å². The van der Waals surface area contributed by atoms with E-state index in [0.29, 0.717) is 12.0 Å². The quantitative estimate of drug-likeness (QED) is 0.749. The van der Waals surface area contributed by atoms with Crippen LogP contribution in [-0.2, 0) is 14.3 Å². The molecule has 1 unspecified atom stereocenters. The zero-order chi connectivity index (χ0) is 12.9. The monoisotopic (exact) mass is 243 g/mol. The summed E-state index contributed by atoms with van der Waals surface area (Å²) in [5, 5.41) is 0. The highest BCUT2D eigenvalue weighted by Crippen LogP contribution is 2.36. The third-order valence-corrected chi connectivity index (χ3v) is 3.57. The van der Waals surface area contributed by atoms with Gasteiger partial charge in [0.1, 0.15) is 6.10 Å². The molecule has 1 saturated carbocycles. The lowest BCUT2D eigenvalue weighted by Gasteiger charge is -2.34. The average Bonchev–Trinajstić information content (AvgIpc) is 2.29. The SMILES string of the molecule is COC(CN)CC(=O)OC1CCC(C)(C)CC1. The number of hydrogen-bond acceptors (Lipinski definition) is 4. The molecular formula is C13H25NO3. The Morgan fingerprint density at radius 1 is 1.41 bits per heavy atom. The van der Waals surface area contributed by atoms with Gasteiger partial charge in [-0.25, -0.2) is 0 Å². The van der Waals surface area contributed by atoms with Crippen molar-refractivity contribution in [1.82, 2.24) is 0 Å². The van der Waals surface area contributed by atoms with Gasteiger partial charge in [0.25, 0.3) is 0 Å². The van der Waals surface area contributed by atoms with Gasteiger partial charge in [-0.1, -0.05) is 13.8 Å². The number of carbonyl (C=O) groups excluding carboxylic acids is 1. The lowest BCUT2D eigenvalue weighted by molar-refractivity contribution is -0.154. The summed E-state index contributed by atoms with van der Waals surface area (Å²) in [5.74, 6) is -0.188. The second-order valence-electron chi connectivity index (χ2n) is 5.65. The van der Waals surface area contributed by atoms with Crippen molar-refractivity contribution in [3.05, 3.63) is 0 Å². The molecule has 4 heteroatoms. The van der Waals surface area contributed by atoms with E-state index in [1.165, 1.54) is 0 Å². The van der Waals surface area contributed by atoms with Gasteiger partial charge in [-0.2, -0.15) is 0 Å². The summed E-state index contributed by atoms with van der Waals surface area (Å²) in [6.45, 7) is 4.88. The summed E-state index contributed by atoms with van der Waals surface area (Å²) in [6.07, 6.45) is 4.31. The maximum atomic E-state index is 11.6. The van der Waals surface area contributed by atoms with E-state index < -0.39 is 0 Å². The number of carbonyl (C=O) groups is 1. The van der Waals surface area contributed by atoms with Gasteiger partial charge in [0.15, 0.2) is 0 Å². The number of nitrogens with two attached hydrogens (primary N) is 1. The first-order chi connectivity index (χ1) is 7.96. The minimum Gasteiger partial charge on any atom is -0.462 e. The molecule has 100 valence electrons. The fourth-order valence-electron chi connectivity index (χ4n) is 2.17. The van der Waals surface area contributed by atoms with Crippen molar-refractivity contribution >= 4 is 5.97 Å². The fraction of sp³-hybridized carbons (Fsp3) is 0.923. The molecule has 1 rings (SSSR count). The Balaban J connectivity index is 2.28. The first-order valence-corrected chi connectivity index (χ1v) is 6.39. The predicted molar refractivity (Wildman–Crippen MR) is 66.6 cm³/mol. The molecule has 0 aromatic rings. The molecule has 0 radical (unpaired) electrons. The Labute approximate surface area is 104 Å². The van der Waals surface area contributed by atoms with Crippen LogP contribution in [0.4, 0.5) is 0 Å². The van der Waals surface area contributed by atoms with Gasteiger partial charge in [-0.15, -0.1) is 0 Å². The zero-order valence-corrected chi connectivity index (χ0v) is 11.2. The lowest BCUT2D eigenvalue weighted by atomic mass is 9.76. The number of esters is 1. The largest absolute Gasteiger partial charge is 0.462 e. The van der Waals surface area contributed by atoms with Crippen molar-refractivity contribution in [2.24, 2.45) is 11.1 Å². The zero-order valence-electron chi connectivity index (χ0n) is 11.2. The van der Waals surface area contributed by atoms with Gasteiger partial charge in [0.05, 0.1) is 12.5 Å². The second-order valence-corrected chi connectivity index (χ2v) is 5.65. The maximum absolute atomic E-state index is 11.6. The molecule has 2 N–H and O–H groups in total. The molecule has 1 atom stereocenters. The third-order valence-electron chi connectivity index (χ3n) is 3.57. The van der Waals surface area contributed by atoms with Gasteiger partial charge in [-0.3, -0.25) is 4.79 Å². The molecular weight excluding hydrogens is 218 g/mol. The standard InChI is InChI=1S/C13H25NO3/c1-13(2)6-4-10(5-7-13)17-12(15)8-11(9-14)16-3/h10-11H,4-9,14H2,1-3H3. The Morgan fingerprint density at radius 3 is 2.47 bits per heavy atom. The van der Waals surface area contributed by atoms with Crippen LogP contribution in [0.25, 0.3) is 0 Å². The Morgan fingerprint density at radius 2 is 2.00 bits per heavy atom. The van der Waals surface area contributed by atoms with Crippen molar-refractivity contribution in [3.8, 4) is 0 Å². The van der Waals surface area contributed by atoms with Crippen LogP contribution >= 0.6 is 0 Å². The molecule has 0 spiro atoms. The molecule has 0 aromatic heterocycles. The summed E-state index contributed by atoms with van der Waals surface area (Å²) in [7, 11) is 1.56. The van der Waals surface area contributed by atoms with Gasteiger partial charge in [-0.05, 0) is 31.1 Å². The van der Waals surface area contributed by atoms with Crippen LogP contribution in [0.15, 0.2) is 0 Å². The molecule has 0 aromatic carbocycles. The molecule has 0 aliphatic heterocycles. The summed E-state index contributed by atoms with van der Waals surface area (Å²) >= 11 is 0. The molecule has 17 heavy (non-hydrogen) atoms. The van der Waals surface area contributed by atoms with E-state index in [0.717, 1.165) is 25.7 Å². The summed E-state index contributed by atoms with van der Waals surface area (Å²) in [4.78, 5) is 11.6. The minimum absolute atomic E-state index is 0.0887. The topological polar surface area (TPSA) is 61.5 Å². The van der Waals surface area contributed by atoms with Gasteiger partial charge in [0, 0.05) is 13.7 Å². The molecule has 1 aliphatic carbocycles. The average molecular weight is 243 g/mol. The van der Waals surface area contributed by atoms with E-state index in [1.807, 2.05) is 0 Å². The lowest BCUT2D eigenvalue weighted by Crippen LogP contribution is -2.31. The highest BCUT2D eigenvalue weighted by molar-refractivity contribution is 5.70. The van der Waals surface area contributed by atoms with E-state index in [-0.39, 0.29) is 24.6 Å². The van der Waals surface area contributed by atoms with Crippen molar-refractivity contribution in [2.45, 2.75) is 58.2 Å². The van der Waals surface area contributed by atoms with Crippen molar-refractivity contribution in [2.75, 3.05) is 13.7 Å². The van der Waals surface area contributed by atoms with Crippen LogP contribution in [0.2, 0.25) is 0 Å².